The summed E-state index contributed by atoms with van der Waals surface area (Å²) < 4.78 is 0. The predicted octanol–water partition coefficient (Wildman–Crippen LogP) is 3.40. The van der Waals surface area contributed by atoms with E-state index in [1.165, 1.54) is 0 Å². The maximum absolute atomic E-state index is 12.1. The number of rotatable bonds is 6. The molecular formula is C16H26N2O2. The topological polar surface area (TPSA) is 63.1 Å². The Kier molecular flexibility index (Phi) is 5.81. The molecule has 0 unspecified atom stereocenters. The van der Waals surface area contributed by atoms with Gasteiger partial charge in [-0.3, -0.25) is 9.78 Å². The van der Waals surface area contributed by atoms with Crippen LogP contribution in [0.5, 0.6) is 0 Å². The third-order valence-corrected chi connectivity index (χ3v) is 3.15. The highest BCUT2D eigenvalue weighted by Crippen LogP contribution is 2.23. The number of aromatic nitrogens is 2. The number of hydrogen-bond acceptors (Lipinski definition) is 4. The smallest absolute Gasteiger partial charge is 0.183 e. The Labute approximate surface area is 121 Å². The van der Waals surface area contributed by atoms with Crippen molar-refractivity contribution in [2.45, 2.75) is 60.5 Å². The average molecular weight is 278 g/mol. The highest BCUT2D eigenvalue weighted by Gasteiger charge is 2.20. The fourth-order valence-corrected chi connectivity index (χ4v) is 2.23. The predicted molar refractivity (Wildman–Crippen MR) is 79.7 cm³/mol. The molecule has 1 aromatic rings. The number of carbonyl (C=O) groups is 1. The molecule has 0 saturated heterocycles. The van der Waals surface area contributed by atoms with Gasteiger partial charge in [0.1, 0.15) is 5.69 Å². The zero-order valence-electron chi connectivity index (χ0n) is 13.4. The molecule has 0 aromatic carbocycles. The van der Waals surface area contributed by atoms with Crippen molar-refractivity contribution in [3.8, 4) is 0 Å². The van der Waals surface area contributed by atoms with E-state index in [-0.39, 0.29) is 5.78 Å². The van der Waals surface area contributed by atoms with Gasteiger partial charge in [0, 0.05) is 6.42 Å². The number of carbonyl (C=O) groups excluding carboxylic acids is 1. The average Bonchev–Trinajstić information content (AvgIpc) is 2.29. The summed E-state index contributed by atoms with van der Waals surface area (Å²) >= 11 is 0. The van der Waals surface area contributed by atoms with Crippen LogP contribution in [0.15, 0.2) is 0 Å². The lowest BCUT2D eigenvalue weighted by molar-refractivity contribution is 0.0960. The first-order valence-corrected chi connectivity index (χ1v) is 7.28. The van der Waals surface area contributed by atoms with Crippen LogP contribution in [0.1, 0.15) is 74.2 Å². The molecule has 0 saturated carbocycles. The lowest BCUT2D eigenvalue weighted by Gasteiger charge is -2.16. The van der Waals surface area contributed by atoms with Crippen molar-refractivity contribution >= 4 is 5.78 Å². The monoisotopic (exact) mass is 278 g/mol. The summed E-state index contributed by atoms with van der Waals surface area (Å²) in [7, 11) is 0. The van der Waals surface area contributed by atoms with Crippen molar-refractivity contribution in [1.82, 2.24) is 9.97 Å². The van der Waals surface area contributed by atoms with Crippen LogP contribution in [-0.4, -0.2) is 20.9 Å². The van der Waals surface area contributed by atoms with Crippen LogP contribution in [0.25, 0.3) is 0 Å². The van der Waals surface area contributed by atoms with Gasteiger partial charge in [0.05, 0.1) is 23.2 Å². The van der Waals surface area contributed by atoms with E-state index in [1.54, 1.807) is 13.8 Å². The molecule has 112 valence electrons. The van der Waals surface area contributed by atoms with Crippen molar-refractivity contribution in [3.63, 3.8) is 0 Å². The van der Waals surface area contributed by atoms with E-state index < -0.39 is 6.10 Å². The second-order valence-electron chi connectivity index (χ2n) is 6.29. The summed E-state index contributed by atoms with van der Waals surface area (Å²) in [4.78, 5) is 20.9. The standard InChI is InChI=1S/C16H26N2O2/c1-9(2)7-13(19)15-11(5)18-16(12(6)17-15)14(20)8-10(3)4/h9-10,13,19H,7-8H2,1-6H3/t13-/m0/s1. The molecule has 0 radical (unpaired) electrons. The van der Waals surface area contributed by atoms with Crippen LogP contribution < -0.4 is 0 Å². The summed E-state index contributed by atoms with van der Waals surface area (Å²) in [5.41, 5.74) is 2.30. The number of hydrogen-bond donors (Lipinski definition) is 1. The Hall–Kier alpha value is -1.29. The summed E-state index contributed by atoms with van der Waals surface area (Å²) in [6.07, 6.45) is 0.507. The van der Waals surface area contributed by atoms with Crippen LogP contribution >= 0.6 is 0 Å². The van der Waals surface area contributed by atoms with Gasteiger partial charge in [-0.15, -0.1) is 0 Å². The summed E-state index contributed by atoms with van der Waals surface area (Å²) in [5.74, 6) is 0.710. The Balaban J connectivity index is 3.05. The molecule has 1 heterocycles. The molecule has 1 N–H and O–H groups in total. The molecule has 0 fully saturated rings. The maximum Gasteiger partial charge on any atom is 0.183 e. The lowest BCUT2D eigenvalue weighted by atomic mass is 10.0. The largest absolute Gasteiger partial charge is 0.387 e. The summed E-state index contributed by atoms with van der Waals surface area (Å²) in [6.45, 7) is 11.7. The SMILES string of the molecule is Cc1nc([C@@H](O)CC(C)C)c(C)nc1C(=O)CC(C)C. The van der Waals surface area contributed by atoms with Gasteiger partial charge in [0.25, 0.3) is 0 Å². The molecule has 0 aliphatic carbocycles. The molecule has 20 heavy (non-hydrogen) atoms. The minimum Gasteiger partial charge on any atom is -0.387 e. The van der Waals surface area contributed by atoms with Gasteiger partial charge >= 0.3 is 0 Å². The van der Waals surface area contributed by atoms with E-state index in [1.807, 2.05) is 13.8 Å². The molecule has 0 aliphatic rings. The first-order chi connectivity index (χ1) is 9.22. The van der Waals surface area contributed by atoms with Crippen LogP contribution in [0.2, 0.25) is 0 Å². The Bertz CT molecular complexity index is 482. The van der Waals surface area contributed by atoms with Crippen LogP contribution in [0.4, 0.5) is 0 Å². The second-order valence-corrected chi connectivity index (χ2v) is 6.29. The fourth-order valence-electron chi connectivity index (χ4n) is 2.23. The highest BCUT2D eigenvalue weighted by atomic mass is 16.3. The van der Waals surface area contributed by atoms with E-state index in [9.17, 15) is 9.90 Å². The summed E-state index contributed by atoms with van der Waals surface area (Å²) in [5, 5.41) is 10.2. The van der Waals surface area contributed by atoms with Gasteiger partial charge in [-0.1, -0.05) is 27.7 Å². The molecule has 4 nitrogen and oxygen atoms in total. The molecule has 1 atom stereocenters. The zero-order chi connectivity index (χ0) is 15.4. The van der Waals surface area contributed by atoms with Crippen molar-refractivity contribution in [1.29, 1.82) is 0 Å². The van der Waals surface area contributed by atoms with Crippen LogP contribution in [-0.2, 0) is 0 Å². The van der Waals surface area contributed by atoms with Gasteiger partial charge in [0.2, 0.25) is 0 Å². The number of ketones is 1. The molecule has 0 spiro atoms. The van der Waals surface area contributed by atoms with E-state index in [0.29, 0.717) is 47.5 Å². The number of nitrogens with zero attached hydrogens (tertiary/aromatic N) is 2. The number of aliphatic hydroxyl groups excluding tert-OH is 1. The lowest BCUT2D eigenvalue weighted by Crippen LogP contribution is -2.15. The molecular weight excluding hydrogens is 252 g/mol. The first-order valence-electron chi connectivity index (χ1n) is 7.28. The van der Waals surface area contributed by atoms with Crippen molar-refractivity contribution in [3.05, 3.63) is 22.8 Å². The minimum absolute atomic E-state index is 0.0259. The van der Waals surface area contributed by atoms with E-state index in [2.05, 4.69) is 23.8 Å². The highest BCUT2D eigenvalue weighted by molar-refractivity contribution is 5.95. The van der Waals surface area contributed by atoms with E-state index in [0.717, 1.165) is 0 Å². The zero-order valence-corrected chi connectivity index (χ0v) is 13.4. The Morgan fingerprint density at radius 1 is 1.05 bits per heavy atom. The molecule has 4 heteroatoms. The Morgan fingerprint density at radius 2 is 1.65 bits per heavy atom. The maximum atomic E-state index is 12.1. The minimum atomic E-state index is -0.615. The van der Waals surface area contributed by atoms with Crippen LogP contribution in [0, 0.1) is 25.7 Å². The first kappa shape index (κ1) is 16.8. The second kappa shape index (κ2) is 6.93. The Morgan fingerprint density at radius 3 is 2.15 bits per heavy atom. The van der Waals surface area contributed by atoms with Gasteiger partial charge < -0.3 is 5.11 Å². The van der Waals surface area contributed by atoms with Gasteiger partial charge in [-0.25, -0.2) is 4.98 Å². The molecule has 0 amide bonds. The number of aliphatic hydroxyl groups is 1. The number of Topliss-reactive ketones (excluding diaryl/α,β-unsaturated/α-hetero) is 1. The summed E-state index contributed by atoms with van der Waals surface area (Å²) in [6, 6.07) is 0. The van der Waals surface area contributed by atoms with E-state index in [4.69, 9.17) is 0 Å². The third kappa shape index (κ3) is 4.37. The third-order valence-electron chi connectivity index (χ3n) is 3.15. The quantitative estimate of drug-likeness (QED) is 0.810. The van der Waals surface area contributed by atoms with Crippen LogP contribution in [0.3, 0.4) is 0 Å². The van der Waals surface area contributed by atoms with Gasteiger partial charge in [-0.2, -0.15) is 0 Å². The molecule has 0 bridgehead atoms. The fraction of sp³-hybridized carbons (Fsp3) is 0.688. The van der Waals surface area contributed by atoms with Crippen molar-refractivity contribution < 1.29 is 9.90 Å². The van der Waals surface area contributed by atoms with Crippen molar-refractivity contribution in [2.75, 3.05) is 0 Å². The molecule has 0 aliphatic heterocycles. The normalized spacial score (nSPS) is 13.1. The van der Waals surface area contributed by atoms with Crippen molar-refractivity contribution in [2.24, 2.45) is 11.8 Å². The van der Waals surface area contributed by atoms with E-state index >= 15 is 0 Å². The molecule has 1 rings (SSSR count). The van der Waals surface area contributed by atoms with Gasteiger partial charge in [0.15, 0.2) is 5.78 Å². The number of aryl methyl sites for hydroxylation is 2. The molecule has 1 aromatic heterocycles. The van der Waals surface area contributed by atoms with Gasteiger partial charge in [-0.05, 0) is 32.1 Å².